The number of fused-ring (bicyclic) bond motifs is 1. The SMILES string of the molecule is COc1ccc(Cl)cc1NC(=O)c1cccc(N2C(=O)[C@H]3C[C@H](c4ccccc4)CC[C@H]3C2=O)c1. The number of imide groups is 1. The topological polar surface area (TPSA) is 75.7 Å². The van der Waals surface area contributed by atoms with Crippen LogP contribution in [0.25, 0.3) is 0 Å². The number of amides is 3. The van der Waals surface area contributed by atoms with Gasteiger partial charge in [-0.15, -0.1) is 0 Å². The Morgan fingerprint density at radius 1 is 0.943 bits per heavy atom. The lowest BCUT2D eigenvalue weighted by molar-refractivity contribution is -0.122. The number of anilines is 2. The molecule has 6 nitrogen and oxygen atoms in total. The molecule has 2 aliphatic rings. The number of rotatable bonds is 5. The van der Waals surface area contributed by atoms with Gasteiger partial charge in [0.25, 0.3) is 5.91 Å². The Kier molecular flexibility index (Phi) is 6.31. The molecule has 0 unspecified atom stereocenters. The van der Waals surface area contributed by atoms with Gasteiger partial charge in [0.05, 0.1) is 30.3 Å². The minimum absolute atomic E-state index is 0.180. The third kappa shape index (κ3) is 4.42. The van der Waals surface area contributed by atoms with Crippen molar-refractivity contribution in [3.05, 3.63) is 88.9 Å². The van der Waals surface area contributed by atoms with Crippen LogP contribution in [0.4, 0.5) is 11.4 Å². The number of carbonyl (C=O) groups excluding carboxylic acids is 3. The lowest BCUT2D eigenvalue weighted by atomic mass is 9.73. The monoisotopic (exact) mass is 488 g/mol. The summed E-state index contributed by atoms with van der Waals surface area (Å²) in [5, 5.41) is 3.25. The maximum atomic E-state index is 13.4. The minimum atomic E-state index is -0.395. The van der Waals surface area contributed by atoms with Crippen LogP contribution >= 0.6 is 11.6 Å². The summed E-state index contributed by atoms with van der Waals surface area (Å²) in [5.74, 6) is -0.673. The Bertz CT molecular complexity index is 1290. The largest absolute Gasteiger partial charge is 0.495 e. The molecule has 1 heterocycles. The molecule has 0 radical (unpaired) electrons. The second-order valence-electron chi connectivity index (χ2n) is 8.99. The van der Waals surface area contributed by atoms with Crippen molar-refractivity contribution in [1.82, 2.24) is 0 Å². The predicted molar refractivity (Wildman–Crippen MR) is 135 cm³/mol. The molecule has 0 aromatic heterocycles. The van der Waals surface area contributed by atoms with E-state index < -0.39 is 5.91 Å². The van der Waals surface area contributed by atoms with Gasteiger partial charge in [0.2, 0.25) is 11.8 Å². The van der Waals surface area contributed by atoms with E-state index in [2.05, 4.69) is 17.4 Å². The van der Waals surface area contributed by atoms with Crippen molar-refractivity contribution in [1.29, 1.82) is 0 Å². The summed E-state index contributed by atoms with van der Waals surface area (Å²) >= 11 is 6.07. The molecule has 0 bridgehead atoms. The predicted octanol–water partition coefficient (Wildman–Crippen LogP) is 5.67. The summed E-state index contributed by atoms with van der Waals surface area (Å²) in [4.78, 5) is 40.9. The van der Waals surface area contributed by atoms with E-state index in [9.17, 15) is 14.4 Å². The average molecular weight is 489 g/mol. The maximum absolute atomic E-state index is 13.4. The van der Waals surface area contributed by atoms with E-state index in [1.54, 1.807) is 42.5 Å². The van der Waals surface area contributed by atoms with E-state index in [1.165, 1.54) is 17.6 Å². The lowest BCUT2D eigenvalue weighted by Gasteiger charge is -2.28. The highest BCUT2D eigenvalue weighted by Crippen LogP contribution is 2.45. The van der Waals surface area contributed by atoms with Gasteiger partial charge in [0.1, 0.15) is 5.75 Å². The zero-order valence-electron chi connectivity index (χ0n) is 19.2. The van der Waals surface area contributed by atoms with E-state index in [0.29, 0.717) is 40.6 Å². The van der Waals surface area contributed by atoms with Crippen LogP contribution in [-0.4, -0.2) is 24.8 Å². The van der Waals surface area contributed by atoms with Crippen LogP contribution < -0.4 is 15.0 Å². The van der Waals surface area contributed by atoms with Crippen LogP contribution in [0.5, 0.6) is 5.75 Å². The summed E-state index contributed by atoms with van der Waals surface area (Å²) < 4.78 is 5.29. The molecular formula is C28H25ClN2O4. The molecule has 3 aromatic carbocycles. The van der Waals surface area contributed by atoms with Gasteiger partial charge in [-0.2, -0.15) is 0 Å². The standard InChI is InChI=1S/C28H25ClN2O4/c1-35-25-13-11-20(29)16-24(25)30-26(32)19-8-5-9-21(14-19)31-27(33)22-12-10-18(15-23(22)28(31)34)17-6-3-2-4-7-17/h2-9,11,13-14,16,18,22-23H,10,12,15H2,1H3,(H,30,32)/t18-,22-,23+/m1/s1. The molecule has 1 aliphatic heterocycles. The van der Waals surface area contributed by atoms with E-state index in [4.69, 9.17) is 16.3 Å². The first kappa shape index (κ1) is 23.1. The second-order valence-corrected chi connectivity index (χ2v) is 9.43. The van der Waals surface area contributed by atoms with Crippen molar-refractivity contribution in [2.24, 2.45) is 11.8 Å². The second kappa shape index (κ2) is 9.55. The first-order valence-corrected chi connectivity index (χ1v) is 12.0. The smallest absolute Gasteiger partial charge is 0.255 e. The molecule has 3 atom stereocenters. The Balaban J connectivity index is 1.37. The van der Waals surface area contributed by atoms with Crippen LogP contribution in [0, 0.1) is 11.8 Å². The van der Waals surface area contributed by atoms with Crippen molar-refractivity contribution >= 4 is 40.7 Å². The van der Waals surface area contributed by atoms with Crippen LogP contribution in [-0.2, 0) is 9.59 Å². The fourth-order valence-electron chi connectivity index (χ4n) is 5.22. The summed E-state index contributed by atoms with van der Waals surface area (Å²) in [7, 11) is 1.51. The number of ether oxygens (including phenoxy) is 1. The molecule has 3 amide bonds. The van der Waals surface area contributed by atoms with Crippen molar-refractivity contribution < 1.29 is 19.1 Å². The number of hydrogen-bond donors (Lipinski definition) is 1. The molecule has 178 valence electrons. The zero-order valence-corrected chi connectivity index (χ0v) is 20.0. The number of nitrogens with zero attached hydrogens (tertiary/aromatic N) is 1. The number of nitrogens with one attached hydrogen (secondary N) is 1. The summed E-state index contributed by atoms with van der Waals surface area (Å²) in [6, 6.07) is 21.7. The minimum Gasteiger partial charge on any atom is -0.495 e. The van der Waals surface area contributed by atoms with Crippen LogP contribution in [0.3, 0.4) is 0 Å². The molecule has 1 N–H and O–H groups in total. The molecule has 3 aromatic rings. The number of benzene rings is 3. The van der Waals surface area contributed by atoms with Crippen LogP contribution in [0.15, 0.2) is 72.8 Å². The number of halogens is 1. The molecular weight excluding hydrogens is 464 g/mol. The van der Waals surface area contributed by atoms with Gasteiger partial charge in [-0.25, -0.2) is 0 Å². The third-order valence-corrected chi connectivity index (χ3v) is 7.21. The fraction of sp³-hybridized carbons (Fsp3) is 0.250. The summed E-state index contributed by atoms with van der Waals surface area (Å²) in [5.41, 5.74) is 2.37. The van der Waals surface area contributed by atoms with Gasteiger partial charge in [0.15, 0.2) is 0 Å². The van der Waals surface area contributed by atoms with Gasteiger partial charge >= 0.3 is 0 Å². The third-order valence-electron chi connectivity index (χ3n) is 6.97. The molecule has 35 heavy (non-hydrogen) atoms. The van der Waals surface area contributed by atoms with E-state index >= 15 is 0 Å². The highest BCUT2D eigenvalue weighted by molar-refractivity contribution is 6.31. The molecule has 1 aliphatic carbocycles. The molecule has 0 spiro atoms. The Labute approximate surface area is 208 Å². The van der Waals surface area contributed by atoms with E-state index in [1.807, 2.05) is 18.2 Å². The normalized spacial score (nSPS) is 21.5. The van der Waals surface area contributed by atoms with Crippen molar-refractivity contribution in [2.75, 3.05) is 17.3 Å². The van der Waals surface area contributed by atoms with Gasteiger partial charge in [-0.3, -0.25) is 19.3 Å². The first-order chi connectivity index (χ1) is 17.0. The van der Waals surface area contributed by atoms with Gasteiger partial charge in [-0.05, 0) is 67.1 Å². The fourth-order valence-corrected chi connectivity index (χ4v) is 5.39. The Morgan fingerprint density at radius 3 is 2.49 bits per heavy atom. The van der Waals surface area contributed by atoms with Gasteiger partial charge < -0.3 is 10.1 Å². The first-order valence-electron chi connectivity index (χ1n) is 11.6. The van der Waals surface area contributed by atoms with Crippen molar-refractivity contribution in [2.45, 2.75) is 25.2 Å². The molecule has 1 saturated carbocycles. The van der Waals surface area contributed by atoms with Gasteiger partial charge in [-0.1, -0.05) is 48.0 Å². The van der Waals surface area contributed by atoms with Crippen LogP contribution in [0.1, 0.15) is 41.1 Å². The molecule has 2 fully saturated rings. The highest BCUT2D eigenvalue weighted by Gasteiger charge is 2.50. The van der Waals surface area contributed by atoms with E-state index in [-0.39, 0.29) is 29.6 Å². The summed E-state index contributed by atoms with van der Waals surface area (Å²) in [6.07, 6.45) is 2.21. The van der Waals surface area contributed by atoms with Crippen molar-refractivity contribution in [3.63, 3.8) is 0 Å². The molecule has 7 heteroatoms. The lowest BCUT2D eigenvalue weighted by Crippen LogP contribution is -2.31. The average Bonchev–Trinajstić information content (AvgIpc) is 3.14. The Hall–Kier alpha value is -3.64. The molecule has 5 rings (SSSR count). The molecule has 1 saturated heterocycles. The van der Waals surface area contributed by atoms with Crippen molar-refractivity contribution in [3.8, 4) is 5.75 Å². The highest BCUT2D eigenvalue weighted by atomic mass is 35.5. The number of hydrogen-bond acceptors (Lipinski definition) is 4. The van der Waals surface area contributed by atoms with E-state index in [0.717, 1.165) is 6.42 Å². The van der Waals surface area contributed by atoms with Crippen LogP contribution in [0.2, 0.25) is 5.02 Å². The zero-order chi connectivity index (χ0) is 24.5. The summed E-state index contributed by atoms with van der Waals surface area (Å²) in [6.45, 7) is 0. The quantitative estimate of drug-likeness (QED) is 0.469. The maximum Gasteiger partial charge on any atom is 0.255 e. The number of methoxy groups -OCH3 is 1. The Morgan fingerprint density at radius 2 is 1.71 bits per heavy atom. The number of carbonyl (C=O) groups is 3. The van der Waals surface area contributed by atoms with Gasteiger partial charge in [0, 0.05) is 10.6 Å².